The number of methoxy groups -OCH3 is 1. The number of aliphatic imine (C=N–C) groups is 1. The highest BCUT2D eigenvalue weighted by Crippen LogP contribution is 2.21. The second-order valence-electron chi connectivity index (χ2n) is 7.91. The van der Waals surface area contributed by atoms with Crippen molar-refractivity contribution in [2.24, 2.45) is 4.99 Å². The van der Waals surface area contributed by atoms with E-state index in [0.29, 0.717) is 6.61 Å². The van der Waals surface area contributed by atoms with Crippen molar-refractivity contribution in [1.29, 1.82) is 0 Å². The van der Waals surface area contributed by atoms with E-state index in [1.165, 1.54) is 16.8 Å². The van der Waals surface area contributed by atoms with Crippen LogP contribution in [0.5, 0.6) is 11.5 Å². The number of rotatable bonds is 13. The van der Waals surface area contributed by atoms with E-state index in [2.05, 4.69) is 59.4 Å². The molecule has 2 aromatic carbocycles. The molecular weight excluding hydrogens is 400 g/mol. The smallest absolute Gasteiger partial charge is 0.119 e. The second kappa shape index (κ2) is 12.3. The Balaban J connectivity index is 1.55. The SMILES string of the molecule is CCN(CCOc1ccc(OC)cc1)c1ccc(C2=NCC=C2CN(C)CCNC)cc1. The van der Waals surface area contributed by atoms with Gasteiger partial charge in [0.1, 0.15) is 18.1 Å². The van der Waals surface area contributed by atoms with Crippen LogP contribution in [0.25, 0.3) is 0 Å². The number of anilines is 1. The Morgan fingerprint density at radius 2 is 1.72 bits per heavy atom. The quantitative estimate of drug-likeness (QED) is 0.521. The van der Waals surface area contributed by atoms with E-state index in [0.717, 1.165) is 56.5 Å². The van der Waals surface area contributed by atoms with Gasteiger partial charge in [0.2, 0.25) is 0 Å². The Labute approximate surface area is 192 Å². The van der Waals surface area contributed by atoms with Gasteiger partial charge in [0.05, 0.1) is 25.9 Å². The van der Waals surface area contributed by atoms with E-state index >= 15 is 0 Å². The van der Waals surface area contributed by atoms with Crippen LogP contribution in [0.2, 0.25) is 0 Å². The topological polar surface area (TPSA) is 49.3 Å². The van der Waals surface area contributed by atoms with Gasteiger partial charge in [-0.05, 0) is 63.0 Å². The van der Waals surface area contributed by atoms with Crippen molar-refractivity contribution >= 4 is 11.4 Å². The monoisotopic (exact) mass is 436 g/mol. The van der Waals surface area contributed by atoms with Crippen molar-refractivity contribution in [2.45, 2.75) is 6.92 Å². The molecule has 1 N–H and O–H groups in total. The van der Waals surface area contributed by atoms with E-state index in [1.54, 1.807) is 7.11 Å². The number of hydrogen-bond donors (Lipinski definition) is 1. The van der Waals surface area contributed by atoms with Gasteiger partial charge in [-0.25, -0.2) is 0 Å². The van der Waals surface area contributed by atoms with Crippen LogP contribution >= 0.6 is 0 Å². The largest absolute Gasteiger partial charge is 0.497 e. The average Bonchev–Trinajstić information content (AvgIpc) is 3.29. The summed E-state index contributed by atoms with van der Waals surface area (Å²) in [6, 6.07) is 16.5. The molecule has 0 saturated heterocycles. The van der Waals surface area contributed by atoms with Crippen LogP contribution in [0.15, 0.2) is 65.2 Å². The number of ether oxygens (including phenoxy) is 2. The lowest BCUT2D eigenvalue weighted by Crippen LogP contribution is -2.30. The molecule has 0 aliphatic carbocycles. The zero-order valence-corrected chi connectivity index (χ0v) is 19.8. The third-order valence-electron chi connectivity index (χ3n) is 5.65. The van der Waals surface area contributed by atoms with Gasteiger partial charge in [-0.2, -0.15) is 0 Å². The lowest BCUT2D eigenvalue weighted by molar-refractivity contribution is 0.323. The van der Waals surface area contributed by atoms with Gasteiger partial charge < -0.3 is 24.6 Å². The molecule has 1 heterocycles. The number of nitrogens with one attached hydrogen (secondary N) is 1. The highest BCUT2D eigenvalue weighted by Gasteiger charge is 2.16. The maximum atomic E-state index is 5.91. The Kier molecular flexibility index (Phi) is 9.13. The number of nitrogens with zero attached hydrogens (tertiary/aromatic N) is 3. The first-order valence-corrected chi connectivity index (χ1v) is 11.3. The van der Waals surface area contributed by atoms with Gasteiger partial charge in [-0.1, -0.05) is 18.2 Å². The van der Waals surface area contributed by atoms with Crippen LogP contribution in [0.1, 0.15) is 12.5 Å². The minimum Gasteiger partial charge on any atom is -0.497 e. The fraction of sp³-hybridized carbons (Fsp3) is 0.423. The normalized spacial score (nSPS) is 13.2. The molecule has 0 aromatic heterocycles. The van der Waals surface area contributed by atoms with Gasteiger partial charge in [0.15, 0.2) is 0 Å². The molecule has 0 bridgehead atoms. The van der Waals surface area contributed by atoms with Crippen LogP contribution in [0.3, 0.4) is 0 Å². The molecule has 0 atom stereocenters. The molecule has 6 nitrogen and oxygen atoms in total. The first kappa shape index (κ1) is 23.8. The van der Waals surface area contributed by atoms with Crippen LogP contribution in [0, 0.1) is 0 Å². The third kappa shape index (κ3) is 6.58. The summed E-state index contributed by atoms with van der Waals surface area (Å²) in [7, 11) is 5.81. The summed E-state index contributed by atoms with van der Waals surface area (Å²) >= 11 is 0. The van der Waals surface area contributed by atoms with Crippen molar-refractivity contribution < 1.29 is 9.47 Å². The lowest BCUT2D eigenvalue weighted by Gasteiger charge is -2.24. The Morgan fingerprint density at radius 1 is 1.00 bits per heavy atom. The van der Waals surface area contributed by atoms with Gasteiger partial charge in [0, 0.05) is 37.4 Å². The summed E-state index contributed by atoms with van der Waals surface area (Å²) in [5, 5.41) is 3.21. The molecule has 172 valence electrons. The van der Waals surface area contributed by atoms with E-state index in [4.69, 9.17) is 14.5 Å². The summed E-state index contributed by atoms with van der Waals surface area (Å²) < 4.78 is 11.1. The Morgan fingerprint density at radius 3 is 2.38 bits per heavy atom. The van der Waals surface area contributed by atoms with E-state index in [1.807, 2.05) is 31.3 Å². The van der Waals surface area contributed by atoms with Crippen molar-refractivity contribution in [3.05, 3.63) is 65.7 Å². The number of hydrogen-bond acceptors (Lipinski definition) is 6. The molecule has 0 amide bonds. The van der Waals surface area contributed by atoms with E-state index < -0.39 is 0 Å². The Hall–Kier alpha value is -2.83. The molecule has 0 radical (unpaired) electrons. The van der Waals surface area contributed by atoms with Crippen molar-refractivity contribution in [3.63, 3.8) is 0 Å². The maximum Gasteiger partial charge on any atom is 0.119 e. The molecule has 0 saturated carbocycles. The highest BCUT2D eigenvalue weighted by molar-refractivity contribution is 6.14. The van der Waals surface area contributed by atoms with Gasteiger partial charge >= 0.3 is 0 Å². The summed E-state index contributed by atoms with van der Waals surface area (Å²) in [6.45, 7) is 8.24. The summed E-state index contributed by atoms with van der Waals surface area (Å²) in [6.07, 6.45) is 2.24. The fourth-order valence-electron chi connectivity index (χ4n) is 3.78. The predicted molar refractivity (Wildman–Crippen MR) is 134 cm³/mol. The minimum atomic E-state index is 0.625. The molecule has 1 aliphatic rings. The van der Waals surface area contributed by atoms with Crippen LogP contribution < -0.4 is 19.7 Å². The maximum absolute atomic E-state index is 5.91. The molecule has 1 aliphatic heterocycles. The molecule has 6 heteroatoms. The van der Waals surface area contributed by atoms with E-state index in [9.17, 15) is 0 Å². The molecular formula is C26H36N4O2. The second-order valence-corrected chi connectivity index (χ2v) is 7.91. The minimum absolute atomic E-state index is 0.625. The third-order valence-corrected chi connectivity index (χ3v) is 5.65. The van der Waals surface area contributed by atoms with Crippen molar-refractivity contribution in [1.82, 2.24) is 10.2 Å². The van der Waals surface area contributed by atoms with E-state index in [-0.39, 0.29) is 0 Å². The van der Waals surface area contributed by atoms with Gasteiger partial charge in [-0.15, -0.1) is 0 Å². The summed E-state index contributed by atoms with van der Waals surface area (Å²) in [4.78, 5) is 9.41. The number of benzene rings is 2. The van der Waals surface area contributed by atoms with Crippen LogP contribution in [-0.2, 0) is 0 Å². The Bertz CT molecular complexity index is 891. The molecule has 32 heavy (non-hydrogen) atoms. The average molecular weight is 437 g/mol. The van der Waals surface area contributed by atoms with Crippen molar-refractivity contribution in [3.8, 4) is 11.5 Å². The van der Waals surface area contributed by atoms with Crippen LogP contribution in [-0.4, -0.2) is 77.7 Å². The highest BCUT2D eigenvalue weighted by atomic mass is 16.5. The van der Waals surface area contributed by atoms with Crippen molar-refractivity contribution in [2.75, 3.05) is 72.0 Å². The first-order valence-electron chi connectivity index (χ1n) is 11.3. The molecule has 3 rings (SSSR count). The lowest BCUT2D eigenvalue weighted by atomic mass is 10.0. The van der Waals surface area contributed by atoms with Crippen LogP contribution in [0.4, 0.5) is 5.69 Å². The first-order chi connectivity index (χ1) is 15.6. The fourth-order valence-corrected chi connectivity index (χ4v) is 3.78. The summed E-state index contributed by atoms with van der Waals surface area (Å²) in [5.41, 5.74) is 4.82. The molecule has 2 aromatic rings. The zero-order chi connectivity index (χ0) is 22.8. The molecule has 0 spiro atoms. The molecule has 0 fully saturated rings. The standard InChI is InChI=1S/C26H36N4O2/c1-5-30(18-19-32-25-12-10-24(31-4)11-13-25)23-8-6-21(7-9-23)26-22(14-15-28-26)20-29(3)17-16-27-2/h6-14,27H,5,15-20H2,1-4H3. The number of likely N-dealkylation sites (N-methyl/N-ethyl adjacent to an activating group) is 3. The van der Waals surface area contributed by atoms with Gasteiger partial charge in [0.25, 0.3) is 0 Å². The molecule has 0 unspecified atom stereocenters. The predicted octanol–water partition coefficient (Wildman–Crippen LogP) is 3.48. The summed E-state index contributed by atoms with van der Waals surface area (Å²) in [5.74, 6) is 1.69. The zero-order valence-electron chi connectivity index (χ0n) is 19.8. The van der Waals surface area contributed by atoms with Gasteiger partial charge in [-0.3, -0.25) is 4.99 Å².